The number of fused-ring (bicyclic) bond motifs is 1. The highest BCUT2D eigenvalue weighted by Crippen LogP contribution is 2.29. The van der Waals surface area contributed by atoms with Gasteiger partial charge < -0.3 is 9.64 Å². The highest BCUT2D eigenvalue weighted by Gasteiger charge is 2.22. The number of ether oxygens (including phenoxy) is 1. The Kier molecular flexibility index (Phi) is 6.72. The van der Waals surface area contributed by atoms with Crippen molar-refractivity contribution in [2.45, 2.75) is 13.3 Å². The van der Waals surface area contributed by atoms with E-state index in [1.165, 1.54) is 4.57 Å². The lowest BCUT2D eigenvalue weighted by molar-refractivity contribution is 0.0988. The molecule has 1 aromatic heterocycles. The molecule has 1 heterocycles. The summed E-state index contributed by atoms with van der Waals surface area (Å²) in [7, 11) is 1.58. The zero-order chi connectivity index (χ0) is 23.5. The van der Waals surface area contributed by atoms with E-state index in [4.69, 9.17) is 27.9 Å². The number of aromatic nitrogens is 1. The van der Waals surface area contributed by atoms with Crippen LogP contribution in [0.4, 0.5) is 5.69 Å². The minimum absolute atomic E-state index is 0.205. The molecule has 7 heteroatoms. The Labute approximate surface area is 201 Å². The van der Waals surface area contributed by atoms with E-state index >= 15 is 0 Å². The SMILES string of the molecule is CCCN(C(=O)c1cn(-c2ccc(OC)cc2)c(=O)c2ccccc12)c1ccc(Cl)c(Cl)c1. The van der Waals surface area contributed by atoms with Crippen molar-refractivity contribution in [2.75, 3.05) is 18.6 Å². The summed E-state index contributed by atoms with van der Waals surface area (Å²) >= 11 is 12.3. The molecule has 0 spiro atoms. The van der Waals surface area contributed by atoms with Gasteiger partial charge in [0.25, 0.3) is 11.5 Å². The minimum Gasteiger partial charge on any atom is -0.497 e. The maximum atomic E-state index is 13.9. The number of hydrogen-bond donors (Lipinski definition) is 0. The normalized spacial score (nSPS) is 10.9. The number of halogens is 2. The van der Waals surface area contributed by atoms with Crippen LogP contribution in [-0.2, 0) is 0 Å². The zero-order valence-electron chi connectivity index (χ0n) is 18.2. The molecule has 0 aliphatic heterocycles. The van der Waals surface area contributed by atoms with Crippen LogP contribution in [0.3, 0.4) is 0 Å². The maximum absolute atomic E-state index is 13.9. The highest BCUT2D eigenvalue weighted by molar-refractivity contribution is 6.42. The first kappa shape index (κ1) is 22.9. The van der Waals surface area contributed by atoms with Crippen LogP contribution >= 0.6 is 23.2 Å². The third-order valence-corrected chi connectivity index (χ3v) is 6.15. The quantitative estimate of drug-likeness (QED) is 0.322. The number of anilines is 1. The molecular weight excluding hydrogens is 459 g/mol. The molecule has 0 aliphatic carbocycles. The number of methoxy groups -OCH3 is 1. The van der Waals surface area contributed by atoms with E-state index in [2.05, 4.69) is 0 Å². The highest BCUT2D eigenvalue weighted by atomic mass is 35.5. The minimum atomic E-state index is -0.228. The second-order valence-electron chi connectivity index (χ2n) is 7.52. The van der Waals surface area contributed by atoms with Gasteiger partial charge in [-0.15, -0.1) is 0 Å². The van der Waals surface area contributed by atoms with E-state index in [9.17, 15) is 9.59 Å². The van der Waals surface area contributed by atoms with Crippen LogP contribution in [0, 0.1) is 0 Å². The van der Waals surface area contributed by atoms with Gasteiger partial charge in [-0.05, 0) is 55.0 Å². The summed E-state index contributed by atoms with van der Waals surface area (Å²) < 4.78 is 6.72. The van der Waals surface area contributed by atoms with E-state index in [-0.39, 0.29) is 11.5 Å². The van der Waals surface area contributed by atoms with Crippen LogP contribution in [0.5, 0.6) is 5.75 Å². The van der Waals surface area contributed by atoms with Gasteiger partial charge in [0.2, 0.25) is 0 Å². The fraction of sp³-hybridized carbons (Fsp3) is 0.154. The van der Waals surface area contributed by atoms with E-state index in [0.29, 0.717) is 50.1 Å². The largest absolute Gasteiger partial charge is 0.497 e. The lowest BCUT2D eigenvalue weighted by Gasteiger charge is -2.24. The number of nitrogens with zero attached hydrogens (tertiary/aromatic N) is 2. The topological polar surface area (TPSA) is 51.5 Å². The van der Waals surface area contributed by atoms with Gasteiger partial charge >= 0.3 is 0 Å². The van der Waals surface area contributed by atoms with Gasteiger partial charge in [-0.3, -0.25) is 14.2 Å². The molecule has 0 saturated carbocycles. The van der Waals surface area contributed by atoms with E-state index < -0.39 is 0 Å². The Balaban J connectivity index is 1.90. The lowest BCUT2D eigenvalue weighted by atomic mass is 10.1. The van der Waals surface area contributed by atoms with Gasteiger partial charge in [-0.2, -0.15) is 0 Å². The van der Waals surface area contributed by atoms with Crippen molar-refractivity contribution < 1.29 is 9.53 Å². The molecule has 5 nitrogen and oxygen atoms in total. The van der Waals surface area contributed by atoms with Gasteiger partial charge in [-0.1, -0.05) is 48.3 Å². The first-order valence-corrected chi connectivity index (χ1v) is 11.3. The molecule has 0 atom stereocenters. The lowest BCUT2D eigenvalue weighted by Crippen LogP contribution is -2.33. The summed E-state index contributed by atoms with van der Waals surface area (Å²) in [4.78, 5) is 28.8. The van der Waals surface area contributed by atoms with Crippen molar-refractivity contribution in [3.05, 3.63) is 98.9 Å². The van der Waals surface area contributed by atoms with Crippen LogP contribution in [0.1, 0.15) is 23.7 Å². The molecule has 33 heavy (non-hydrogen) atoms. The molecule has 168 valence electrons. The Morgan fingerprint density at radius 2 is 1.67 bits per heavy atom. The van der Waals surface area contributed by atoms with Gasteiger partial charge in [0.1, 0.15) is 5.75 Å². The number of rotatable bonds is 6. The summed E-state index contributed by atoms with van der Waals surface area (Å²) in [6, 6.07) is 19.4. The Morgan fingerprint density at radius 3 is 2.30 bits per heavy atom. The molecular formula is C26H22Cl2N2O3. The zero-order valence-corrected chi connectivity index (χ0v) is 19.7. The molecule has 1 amide bonds. The average molecular weight is 481 g/mol. The molecule has 0 unspecified atom stereocenters. The first-order valence-electron chi connectivity index (χ1n) is 10.5. The number of hydrogen-bond acceptors (Lipinski definition) is 3. The van der Waals surface area contributed by atoms with Crippen LogP contribution in [0.15, 0.2) is 77.7 Å². The Morgan fingerprint density at radius 1 is 0.970 bits per heavy atom. The van der Waals surface area contributed by atoms with Gasteiger partial charge in [0.15, 0.2) is 0 Å². The molecule has 4 rings (SSSR count). The van der Waals surface area contributed by atoms with Crippen LogP contribution in [0.2, 0.25) is 10.0 Å². The van der Waals surface area contributed by atoms with Crippen molar-refractivity contribution in [3.8, 4) is 11.4 Å². The van der Waals surface area contributed by atoms with Crippen LogP contribution in [0.25, 0.3) is 16.5 Å². The fourth-order valence-electron chi connectivity index (χ4n) is 3.77. The molecule has 0 radical (unpaired) electrons. The van der Waals surface area contributed by atoms with Crippen molar-refractivity contribution in [1.82, 2.24) is 4.57 Å². The average Bonchev–Trinajstić information content (AvgIpc) is 2.84. The number of amides is 1. The number of carbonyl (C=O) groups is 1. The molecule has 4 aromatic rings. The van der Waals surface area contributed by atoms with E-state index in [1.807, 2.05) is 13.0 Å². The summed E-state index contributed by atoms with van der Waals surface area (Å²) in [5.74, 6) is 0.450. The molecule has 0 fully saturated rings. The summed E-state index contributed by atoms with van der Waals surface area (Å²) in [5, 5.41) is 1.85. The Bertz CT molecular complexity index is 1380. The van der Waals surface area contributed by atoms with Gasteiger partial charge in [0.05, 0.1) is 22.7 Å². The van der Waals surface area contributed by atoms with E-state index in [0.717, 1.165) is 6.42 Å². The maximum Gasteiger partial charge on any atom is 0.262 e. The van der Waals surface area contributed by atoms with Crippen molar-refractivity contribution in [1.29, 1.82) is 0 Å². The van der Waals surface area contributed by atoms with E-state index in [1.54, 1.807) is 78.9 Å². The standard InChI is InChI=1S/C26H22Cl2N2O3/c1-3-14-29(18-10-13-23(27)24(28)15-18)26(32)22-16-30(17-8-11-19(33-2)12-9-17)25(31)21-7-5-4-6-20(21)22/h4-13,15-16H,3,14H2,1-2H3. The first-order chi connectivity index (χ1) is 15.9. The van der Waals surface area contributed by atoms with Crippen molar-refractivity contribution in [2.24, 2.45) is 0 Å². The summed E-state index contributed by atoms with van der Waals surface area (Å²) in [6.45, 7) is 2.47. The Hall–Kier alpha value is -3.28. The molecule has 3 aromatic carbocycles. The number of carbonyl (C=O) groups excluding carboxylic acids is 1. The molecule has 0 aliphatic rings. The second-order valence-corrected chi connectivity index (χ2v) is 8.33. The number of pyridine rings is 1. The van der Waals surface area contributed by atoms with Crippen LogP contribution < -0.4 is 15.2 Å². The predicted molar refractivity (Wildman–Crippen MR) is 135 cm³/mol. The smallest absolute Gasteiger partial charge is 0.262 e. The van der Waals surface area contributed by atoms with Crippen LogP contribution in [-0.4, -0.2) is 24.1 Å². The third-order valence-electron chi connectivity index (χ3n) is 5.41. The summed E-state index contributed by atoms with van der Waals surface area (Å²) in [6.07, 6.45) is 2.34. The molecule has 0 N–H and O–H groups in total. The molecule has 0 bridgehead atoms. The monoisotopic (exact) mass is 480 g/mol. The second kappa shape index (κ2) is 9.69. The van der Waals surface area contributed by atoms with Crippen molar-refractivity contribution in [3.63, 3.8) is 0 Å². The summed E-state index contributed by atoms with van der Waals surface area (Å²) in [5.41, 5.74) is 1.49. The third kappa shape index (κ3) is 4.47. The fourth-order valence-corrected chi connectivity index (χ4v) is 4.06. The van der Waals surface area contributed by atoms with Gasteiger partial charge in [0, 0.05) is 34.9 Å². The predicted octanol–water partition coefficient (Wildman–Crippen LogP) is 6.36. The van der Waals surface area contributed by atoms with Gasteiger partial charge in [-0.25, -0.2) is 0 Å². The molecule has 0 saturated heterocycles. The van der Waals surface area contributed by atoms with Crippen molar-refractivity contribution >= 4 is 45.6 Å². The number of benzene rings is 3.